The van der Waals surface area contributed by atoms with Gasteiger partial charge in [0.2, 0.25) is 0 Å². The molecule has 0 saturated carbocycles. The van der Waals surface area contributed by atoms with E-state index in [1.165, 1.54) is 46.2 Å². The third kappa shape index (κ3) is 7.43. The molecule has 0 bridgehead atoms. The van der Waals surface area contributed by atoms with Gasteiger partial charge in [-0.15, -0.1) is 53.6 Å². The van der Waals surface area contributed by atoms with Gasteiger partial charge < -0.3 is 14.4 Å². The Morgan fingerprint density at radius 2 is 1.33 bits per heavy atom. The Labute approximate surface area is 323 Å². The average molecular weight is 861 g/mol. The second-order valence-corrected chi connectivity index (χ2v) is 16.0. The molecule has 0 aliphatic heterocycles. The second-order valence-electron chi connectivity index (χ2n) is 16.0. The van der Waals surface area contributed by atoms with E-state index in [1.54, 1.807) is 6.20 Å². The maximum absolute atomic E-state index is 6.16. The molecular weight excluding hydrogens is 813 g/mol. The molecule has 0 fully saturated rings. The number of fused-ring (bicyclic) bond motifs is 4. The standard InChI is InChI=1S/C28H32N.C20H16NO.Ir/c1-19(2)20-10-12-21(13-11-20)22-8-7-9-23(16-22)26-17-24-25(18-29-26)28(5,6)15-14-27(24,3)4;1-13(2)14-9-10-15-16-6-5-7-17(18-8-3-4-11-21-18)20(16)22-19(15)12-14;/h7-8,10-13,16-19H,14-15H2,1-6H3;3-6,8-13H,1-2H3;/q2*-1;. The molecule has 267 valence electrons. The molecule has 1 aliphatic carbocycles. The molecule has 1 aliphatic rings. The van der Waals surface area contributed by atoms with Gasteiger partial charge in [0, 0.05) is 37.9 Å². The minimum absolute atomic E-state index is 0. The van der Waals surface area contributed by atoms with Crippen molar-refractivity contribution in [3.63, 3.8) is 0 Å². The van der Waals surface area contributed by atoms with E-state index in [9.17, 15) is 0 Å². The fraction of sp³-hybridized carbons (Fsp3) is 0.292. The largest absolute Gasteiger partial charge is 0.501 e. The number of pyridine rings is 2. The van der Waals surface area contributed by atoms with Crippen LogP contribution < -0.4 is 0 Å². The van der Waals surface area contributed by atoms with Crippen LogP contribution in [0.15, 0.2) is 114 Å². The first-order valence-corrected chi connectivity index (χ1v) is 18.3. The molecule has 3 nitrogen and oxygen atoms in total. The van der Waals surface area contributed by atoms with Crippen molar-refractivity contribution in [2.45, 2.75) is 90.9 Å². The molecule has 1 radical (unpaired) electrons. The topological polar surface area (TPSA) is 38.9 Å². The molecule has 0 unspecified atom stereocenters. The van der Waals surface area contributed by atoms with Gasteiger partial charge in [0.05, 0.1) is 5.58 Å². The van der Waals surface area contributed by atoms with Gasteiger partial charge in [-0.05, 0) is 86.8 Å². The van der Waals surface area contributed by atoms with Crippen LogP contribution in [0.3, 0.4) is 0 Å². The van der Waals surface area contributed by atoms with E-state index in [4.69, 9.17) is 9.40 Å². The Hall–Kier alpha value is -4.37. The molecule has 0 saturated heterocycles. The van der Waals surface area contributed by atoms with E-state index in [1.807, 2.05) is 30.3 Å². The van der Waals surface area contributed by atoms with Gasteiger partial charge in [0.25, 0.3) is 0 Å². The maximum atomic E-state index is 6.16. The Balaban J connectivity index is 0.000000181. The van der Waals surface area contributed by atoms with Crippen LogP contribution in [0.25, 0.3) is 55.6 Å². The number of furan rings is 1. The SMILES string of the molecule is CC(C)c1ccc(-c2cc[c-]c(-c3cc4c(cn3)C(C)(C)CCC4(C)C)c2)cc1.CC(C)c1ccc2c(c1)oc1c(-c3ccccn3)[c-]ccc12.[Ir]. The molecule has 4 heteroatoms. The number of hydrogen-bond donors (Lipinski definition) is 0. The first-order chi connectivity index (χ1) is 24.4. The van der Waals surface area contributed by atoms with Crippen LogP contribution in [-0.4, -0.2) is 9.97 Å². The molecule has 0 amide bonds. The Kier molecular flexibility index (Phi) is 10.7. The molecule has 0 atom stereocenters. The number of benzene rings is 4. The predicted molar refractivity (Wildman–Crippen MR) is 213 cm³/mol. The number of aromatic nitrogens is 2. The summed E-state index contributed by atoms with van der Waals surface area (Å²) in [5.74, 6) is 1.04. The fourth-order valence-electron chi connectivity index (χ4n) is 7.27. The van der Waals surface area contributed by atoms with Crippen molar-refractivity contribution in [3.8, 4) is 33.6 Å². The van der Waals surface area contributed by atoms with Crippen molar-refractivity contribution in [2.75, 3.05) is 0 Å². The molecule has 3 aromatic heterocycles. The quantitative estimate of drug-likeness (QED) is 0.162. The van der Waals surface area contributed by atoms with E-state index >= 15 is 0 Å². The fourth-order valence-corrected chi connectivity index (χ4v) is 7.27. The zero-order valence-corrected chi connectivity index (χ0v) is 34.0. The van der Waals surface area contributed by atoms with Gasteiger partial charge >= 0.3 is 0 Å². The first-order valence-electron chi connectivity index (χ1n) is 18.3. The summed E-state index contributed by atoms with van der Waals surface area (Å²) >= 11 is 0. The van der Waals surface area contributed by atoms with Gasteiger partial charge in [-0.1, -0.05) is 121 Å². The predicted octanol–water partition coefficient (Wildman–Crippen LogP) is 13.3. The van der Waals surface area contributed by atoms with Gasteiger partial charge in [-0.3, -0.25) is 0 Å². The van der Waals surface area contributed by atoms with Crippen molar-refractivity contribution in [3.05, 3.63) is 144 Å². The Bertz CT molecular complexity index is 2310. The van der Waals surface area contributed by atoms with E-state index in [0.717, 1.165) is 44.5 Å². The van der Waals surface area contributed by atoms with E-state index < -0.39 is 0 Å². The normalized spacial score (nSPS) is 14.5. The maximum Gasteiger partial charge on any atom is 0.121 e. The number of rotatable bonds is 5. The van der Waals surface area contributed by atoms with Crippen molar-refractivity contribution >= 4 is 21.9 Å². The molecule has 0 N–H and O–H groups in total. The summed E-state index contributed by atoms with van der Waals surface area (Å²) in [5, 5.41) is 2.26. The average Bonchev–Trinajstić information content (AvgIpc) is 3.52. The molecular formula is C48H48IrN2O-2. The monoisotopic (exact) mass is 861 g/mol. The number of hydrogen-bond acceptors (Lipinski definition) is 3. The molecule has 0 spiro atoms. The third-order valence-corrected chi connectivity index (χ3v) is 10.8. The van der Waals surface area contributed by atoms with Crippen molar-refractivity contribution in [2.24, 2.45) is 0 Å². The molecule has 4 aromatic carbocycles. The summed E-state index contributed by atoms with van der Waals surface area (Å²) in [6.07, 6.45) is 6.33. The van der Waals surface area contributed by atoms with Crippen molar-refractivity contribution in [1.82, 2.24) is 9.97 Å². The minimum Gasteiger partial charge on any atom is -0.501 e. The third-order valence-electron chi connectivity index (χ3n) is 10.8. The van der Waals surface area contributed by atoms with Crippen LogP contribution in [-0.2, 0) is 30.9 Å². The summed E-state index contributed by atoms with van der Waals surface area (Å²) in [5.41, 5.74) is 14.0. The van der Waals surface area contributed by atoms with Crippen LogP contribution in [0, 0.1) is 12.1 Å². The van der Waals surface area contributed by atoms with E-state index in [0.29, 0.717) is 11.8 Å². The Morgan fingerprint density at radius 1 is 0.635 bits per heavy atom. The van der Waals surface area contributed by atoms with Crippen molar-refractivity contribution < 1.29 is 24.5 Å². The zero-order chi connectivity index (χ0) is 35.9. The second kappa shape index (κ2) is 14.9. The Morgan fingerprint density at radius 3 is 2.02 bits per heavy atom. The van der Waals surface area contributed by atoms with Gasteiger partial charge in [-0.25, -0.2) is 0 Å². The first kappa shape index (κ1) is 37.4. The van der Waals surface area contributed by atoms with Gasteiger partial charge in [0.15, 0.2) is 0 Å². The van der Waals surface area contributed by atoms with Crippen LogP contribution in [0.1, 0.15) is 102 Å². The van der Waals surface area contributed by atoms with E-state index in [2.05, 4.69) is 145 Å². The van der Waals surface area contributed by atoms with Gasteiger partial charge in [0.1, 0.15) is 5.58 Å². The van der Waals surface area contributed by atoms with Crippen LogP contribution in [0.4, 0.5) is 0 Å². The summed E-state index contributed by atoms with van der Waals surface area (Å²) in [4.78, 5) is 9.29. The van der Waals surface area contributed by atoms with Crippen LogP contribution in [0.5, 0.6) is 0 Å². The summed E-state index contributed by atoms with van der Waals surface area (Å²) in [6.45, 7) is 18.3. The number of nitrogens with zero attached hydrogens (tertiary/aromatic N) is 2. The van der Waals surface area contributed by atoms with E-state index in [-0.39, 0.29) is 30.9 Å². The minimum atomic E-state index is 0. The summed E-state index contributed by atoms with van der Waals surface area (Å²) in [7, 11) is 0. The zero-order valence-electron chi connectivity index (χ0n) is 31.6. The van der Waals surface area contributed by atoms with Crippen LogP contribution >= 0.6 is 0 Å². The molecule has 3 heterocycles. The van der Waals surface area contributed by atoms with Gasteiger partial charge in [-0.2, -0.15) is 0 Å². The summed E-state index contributed by atoms with van der Waals surface area (Å²) in [6, 6.07) is 40.7. The smallest absolute Gasteiger partial charge is 0.121 e. The molecule has 7 aromatic rings. The van der Waals surface area contributed by atoms with Crippen molar-refractivity contribution in [1.29, 1.82) is 0 Å². The van der Waals surface area contributed by atoms with Crippen LogP contribution in [0.2, 0.25) is 0 Å². The summed E-state index contributed by atoms with van der Waals surface area (Å²) < 4.78 is 6.16. The molecule has 8 rings (SSSR count). The molecule has 52 heavy (non-hydrogen) atoms.